The van der Waals surface area contributed by atoms with Gasteiger partial charge in [-0.3, -0.25) is 4.90 Å². The average molecular weight is 293 g/mol. The minimum atomic E-state index is -0.673. The molecule has 1 heterocycles. The molecule has 0 spiro atoms. The van der Waals surface area contributed by atoms with Gasteiger partial charge >= 0.3 is 6.09 Å². The zero-order valence-corrected chi connectivity index (χ0v) is 12.6. The number of carbonyl (C=O) groups excluding carboxylic acids is 1. The van der Waals surface area contributed by atoms with Crippen molar-refractivity contribution in [1.29, 1.82) is 0 Å². The van der Waals surface area contributed by atoms with E-state index in [1.165, 1.54) is 0 Å². The van der Waals surface area contributed by atoms with Crippen LogP contribution in [-0.2, 0) is 16.1 Å². The van der Waals surface area contributed by atoms with Crippen molar-refractivity contribution in [3.8, 4) is 0 Å². The van der Waals surface area contributed by atoms with E-state index in [0.717, 1.165) is 5.56 Å². The van der Waals surface area contributed by atoms with Gasteiger partial charge in [-0.2, -0.15) is 0 Å². The number of ether oxygens (including phenoxy) is 2. The summed E-state index contributed by atoms with van der Waals surface area (Å²) in [5.74, 6) is 0. The molecular weight excluding hydrogens is 270 g/mol. The molecule has 116 valence electrons. The van der Waals surface area contributed by atoms with E-state index in [4.69, 9.17) is 14.6 Å². The Morgan fingerprint density at radius 1 is 1.43 bits per heavy atom. The van der Waals surface area contributed by atoms with Crippen molar-refractivity contribution in [2.45, 2.75) is 45.1 Å². The molecule has 0 radical (unpaired) electrons. The van der Waals surface area contributed by atoms with E-state index in [1.807, 2.05) is 44.2 Å². The van der Waals surface area contributed by atoms with Crippen molar-refractivity contribution in [3.63, 3.8) is 0 Å². The Hall–Kier alpha value is -1.59. The van der Waals surface area contributed by atoms with Crippen LogP contribution in [0.5, 0.6) is 0 Å². The molecule has 21 heavy (non-hydrogen) atoms. The lowest BCUT2D eigenvalue weighted by Gasteiger charge is -2.32. The fourth-order valence-electron chi connectivity index (χ4n) is 2.58. The Bertz CT molecular complexity index is 461. The number of rotatable bonds is 5. The van der Waals surface area contributed by atoms with Crippen LogP contribution in [0.4, 0.5) is 4.79 Å². The molecule has 1 aliphatic rings. The van der Waals surface area contributed by atoms with Gasteiger partial charge < -0.3 is 14.6 Å². The maximum Gasteiger partial charge on any atom is 0.412 e. The van der Waals surface area contributed by atoms with Gasteiger partial charge in [0.2, 0.25) is 0 Å². The minimum absolute atomic E-state index is 0.0459. The molecule has 5 nitrogen and oxygen atoms in total. The lowest BCUT2D eigenvalue weighted by molar-refractivity contribution is -0.0495. The van der Waals surface area contributed by atoms with Crippen molar-refractivity contribution in [2.75, 3.05) is 13.2 Å². The number of carbonyl (C=O) groups is 1. The summed E-state index contributed by atoms with van der Waals surface area (Å²) in [6.07, 6.45) is 0.983. The van der Waals surface area contributed by atoms with Crippen LogP contribution in [0.2, 0.25) is 0 Å². The van der Waals surface area contributed by atoms with E-state index < -0.39 is 5.72 Å². The van der Waals surface area contributed by atoms with Crippen molar-refractivity contribution < 1.29 is 19.4 Å². The van der Waals surface area contributed by atoms with E-state index in [9.17, 15) is 4.79 Å². The molecule has 2 rings (SSSR count). The molecular formula is C16H23NO4. The van der Waals surface area contributed by atoms with Gasteiger partial charge in [-0.05, 0) is 32.3 Å². The highest BCUT2D eigenvalue weighted by Crippen LogP contribution is 2.30. The molecule has 0 bridgehead atoms. The van der Waals surface area contributed by atoms with Gasteiger partial charge in [0.1, 0.15) is 12.3 Å². The van der Waals surface area contributed by atoms with E-state index in [1.54, 1.807) is 4.90 Å². The first-order valence-electron chi connectivity index (χ1n) is 7.29. The van der Waals surface area contributed by atoms with Gasteiger partial charge in [-0.1, -0.05) is 30.3 Å². The number of benzene rings is 1. The first kappa shape index (κ1) is 15.8. The third-order valence-corrected chi connectivity index (χ3v) is 3.67. The fraction of sp³-hybridized carbons (Fsp3) is 0.562. The highest BCUT2D eigenvalue weighted by Gasteiger charge is 2.44. The molecule has 1 aromatic rings. The molecule has 1 aromatic carbocycles. The number of aliphatic hydroxyl groups excluding tert-OH is 1. The molecule has 1 aliphatic heterocycles. The molecule has 1 fully saturated rings. The quantitative estimate of drug-likeness (QED) is 0.906. The summed E-state index contributed by atoms with van der Waals surface area (Å²) in [7, 11) is 0. The molecule has 0 saturated carbocycles. The highest BCUT2D eigenvalue weighted by atomic mass is 16.6. The van der Waals surface area contributed by atoms with Crippen LogP contribution < -0.4 is 0 Å². The molecule has 1 atom stereocenters. The summed E-state index contributed by atoms with van der Waals surface area (Å²) < 4.78 is 11.1. The Morgan fingerprint density at radius 3 is 2.81 bits per heavy atom. The lowest BCUT2D eigenvalue weighted by Crippen LogP contribution is -2.48. The molecule has 1 amide bonds. The summed E-state index contributed by atoms with van der Waals surface area (Å²) in [5.41, 5.74) is 0.282. The van der Waals surface area contributed by atoms with Gasteiger partial charge in [0.05, 0.1) is 12.6 Å². The smallest absolute Gasteiger partial charge is 0.412 e. The second-order valence-corrected chi connectivity index (χ2v) is 5.69. The maximum absolute atomic E-state index is 12.4. The second kappa shape index (κ2) is 6.91. The van der Waals surface area contributed by atoms with Crippen LogP contribution in [0, 0.1) is 0 Å². The third kappa shape index (κ3) is 3.95. The van der Waals surface area contributed by atoms with Crippen LogP contribution in [0.3, 0.4) is 0 Å². The Morgan fingerprint density at radius 2 is 2.14 bits per heavy atom. The Balaban J connectivity index is 1.97. The molecule has 5 heteroatoms. The van der Waals surface area contributed by atoms with E-state index in [2.05, 4.69) is 0 Å². The van der Waals surface area contributed by atoms with Crippen molar-refractivity contribution in [2.24, 2.45) is 0 Å². The number of aliphatic hydroxyl groups is 1. The third-order valence-electron chi connectivity index (χ3n) is 3.67. The van der Waals surface area contributed by atoms with Crippen LogP contribution in [0.1, 0.15) is 32.3 Å². The monoisotopic (exact) mass is 293 g/mol. The summed E-state index contributed by atoms with van der Waals surface area (Å²) in [5, 5.41) is 8.96. The minimum Gasteiger partial charge on any atom is -0.444 e. The average Bonchev–Trinajstić information content (AvgIpc) is 2.78. The summed E-state index contributed by atoms with van der Waals surface area (Å²) in [6.45, 7) is 4.56. The number of hydrogen-bond acceptors (Lipinski definition) is 4. The first-order chi connectivity index (χ1) is 10.0. The predicted molar refractivity (Wildman–Crippen MR) is 78.6 cm³/mol. The molecule has 1 saturated heterocycles. The highest BCUT2D eigenvalue weighted by molar-refractivity contribution is 5.69. The number of hydrogen-bond donors (Lipinski definition) is 1. The molecule has 0 aliphatic carbocycles. The summed E-state index contributed by atoms with van der Waals surface area (Å²) in [6, 6.07) is 9.54. The predicted octanol–water partition coefficient (Wildman–Crippen LogP) is 2.53. The van der Waals surface area contributed by atoms with Crippen molar-refractivity contribution in [1.82, 2.24) is 4.90 Å². The second-order valence-electron chi connectivity index (χ2n) is 5.69. The zero-order valence-electron chi connectivity index (χ0n) is 12.6. The lowest BCUT2D eigenvalue weighted by atomic mass is 10.1. The molecule has 0 unspecified atom stereocenters. The van der Waals surface area contributed by atoms with Gasteiger partial charge in [0.15, 0.2) is 0 Å². The maximum atomic E-state index is 12.4. The van der Waals surface area contributed by atoms with Crippen LogP contribution in [0.25, 0.3) is 0 Å². The topological polar surface area (TPSA) is 59.0 Å². The van der Waals surface area contributed by atoms with Crippen LogP contribution in [-0.4, -0.2) is 41.1 Å². The standard InChI is InChI=1S/C16H23NO4/c1-16(2)17(14(12-21-16)9-6-10-18)15(19)20-11-13-7-4-3-5-8-13/h3-5,7-8,14,18H,6,9-12H2,1-2H3/t14-/m1/s1. The number of nitrogens with zero attached hydrogens (tertiary/aromatic N) is 1. The van der Waals surface area contributed by atoms with E-state index >= 15 is 0 Å². The summed E-state index contributed by atoms with van der Waals surface area (Å²) in [4.78, 5) is 14.0. The Labute approximate surface area is 125 Å². The zero-order chi connectivity index (χ0) is 15.3. The largest absolute Gasteiger partial charge is 0.444 e. The van der Waals surface area contributed by atoms with Crippen molar-refractivity contribution >= 4 is 6.09 Å². The first-order valence-corrected chi connectivity index (χ1v) is 7.29. The molecule has 0 aromatic heterocycles. The summed E-state index contributed by atoms with van der Waals surface area (Å²) >= 11 is 0. The van der Waals surface area contributed by atoms with Crippen LogP contribution >= 0.6 is 0 Å². The van der Waals surface area contributed by atoms with Crippen LogP contribution in [0.15, 0.2) is 30.3 Å². The van der Waals surface area contributed by atoms with Gasteiger partial charge in [0, 0.05) is 6.61 Å². The van der Waals surface area contributed by atoms with E-state index in [0.29, 0.717) is 19.4 Å². The Kier molecular flexibility index (Phi) is 5.20. The number of amides is 1. The van der Waals surface area contributed by atoms with Gasteiger partial charge in [0.25, 0.3) is 0 Å². The normalized spacial score (nSPS) is 20.5. The SMILES string of the molecule is CC1(C)OC[C@@H](CCCO)N1C(=O)OCc1ccccc1. The van der Waals surface area contributed by atoms with Gasteiger partial charge in [-0.25, -0.2) is 4.79 Å². The van der Waals surface area contributed by atoms with Crippen molar-refractivity contribution in [3.05, 3.63) is 35.9 Å². The van der Waals surface area contributed by atoms with Gasteiger partial charge in [-0.15, -0.1) is 0 Å². The fourth-order valence-corrected chi connectivity index (χ4v) is 2.58. The van der Waals surface area contributed by atoms with E-state index in [-0.39, 0.29) is 25.3 Å². The molecule has 1 N–H and O–H groups in total.